The molecule has 3 N–H and O–H groups in total. The molecular formula is C14H22N2O2S. The summed E-state index contributed by atoms with van der Waals surface area (Å²) in [6.07, 6.45) is 2.51. The number of hydrogen-bond donors (Lipinski definition) is 3. The van der Waals surface area contributed by atoms with Crippen molar-refractivity contribution in [2.75, 3.05) is 13.1 Å². The van der Waals surface area contributed by atoms with Crippen LogP contribution in [0.5, 0.6) is 0 Å². The van der Waals surface area contributed by atoms with Crippen molar-refractivity contribution in [2.45, 2.75) is 38.2 Å². The first-order valence-electron chi connectivity index (χ1n) is 6.87. The number of carbonyl (C=O) groups is 1. The molecule has 1 aliphatic carbocycles. The van der Waals surface area contributed by atoms with Gasteiger partial charge in [0.25, 0.3) is 0 Å². The number of aliphatic hydroxyl groups is 1. The highest BCUT2D eigenvalue weighted by Crippen LogP contribution is 2.24. The maximum atomic E-state index is 11.7. The standard InChI is InChI=1S/C14H22N2O2S/c1-10(12-4-5-19-9-12)7-15-14(18)16-8-11-2-3-13(17)6-11/h4-5,9-11,13,17H,2-3,6-8H2,1H3,(H2,15,16,18)/t10-,11-,13-/m1/s1. The lowest BCUT2D eigenvalue weighted by Gasteiger charge is -2.14. The third kappa shape index (κ3) is 4.51. The smallest absolute Gasteiger partial charge is 0.314 e. The highest BCUT2D eigenvalue weighted by Gasteiger charge is 2.22. The molecule has 1 aliphatic rings. The number of carbonyl (C=O) groups excluding carboxylic acids is 1. The van der Waals surface area contributed by atoms with E-state index in [9.17, 15) is 9.90 Å². The van der Waals surface area contributed by atoms with E-state index in [0.717, 1.165) is 19.3 Å². The summed E-state index contributed by atoms with van der Waals surface area (Å²) in [5.74, 6) is 0.764. The summed E-state index contributed by atoms with van der Waals surface area (Å²) in [6, 6.07) is 1.98. The molecule has 5 heteroatoms. The summed E-state index contributed by atoms with van der Waals surface area (Å²) >= 11 is 1.68. The van der Waals surface area contributed by atoms with Crippen molar-refractivity contribution in [3.63, 3.8) is 0 Å². The van der Waals surface area contributed by atoms with Gasteiger partial charge < -0.3 is 15.7 Å². The minimum absolute atomic E-state index is 0.108. The summed E-state index contributed by atoms with van der Waals surface area (Å²) in [5.41, 5.74) is 1.27. The molecule has 0 spiro atoms. The number of nitrogens with one attached hydrogen (secondary N) is 2. The van der Waals surface area contributed by atoms with E-state index in [1.54, 1.807) is 11.3 Å². The van der Waals surface area contributed by atoms with Crippen LogP contribution in [0.1, 0.15) is 37.7 Å². The van der Waals surface area contributed by atoms with E-state index in [1.165, 1.54) is 5.56 Å². The summed E-state index contributed by atoms with van der Waals surface area (Å²) in [6.45, 7) is 3.42. The van der Waals surface area contributed by atoms with Gasteiger partial charge in [0.2, 0.25) is 0 Å². The highest BCUT2D eigenvalue weighted by molar-refractivity contribution is 7.07. The fourth-order valence-corrected chi connectivity index (χ4v) is 3.23. The fraction of sp³-hybridized carbons (Fsp3) is 0.643. The second-order valence-corrected chi connectivity index (χ2v) is 6.16. The minimum Gasteiger partial charge on any atom is -0.393 e. The summed E-state index contributed by atoms with van der Waals surface area (Å²) in [7, 11) is 0. The summed E-state index contributed by atoms with van der Waals surface area (Å²) < 4.78 is 0. The number of amides is 2. The first-order valence-corrected chi connectivity index (χ1v) is 7.81. The van der Waals surface area contributed by atoms with Crippen molar-refractivity contribution < 1.29 is 9.90 Å². The van der Waals surface area contributed by atoms with Crippen molar-refractivity contribution in [3.8, 4) is 0 Å². The predicted octanol–water partition coefficient (Wildman–Crippen LogP) is 2.31. The Morgan fingerprint density at radius 3 is 3.00 bits per heavy atom. The van der Waals surface area contributed by atoms with Gasteiger partial charge in [0.15, 0.2) is 0 Å². The highest BCUT2D eigenvalue weighted by atomic mass is 32.1. The Balaban J connectivity index is 1.62. The van der Waals surface area contributed by atoms with Gasteiger partial charge >= 0.3 is 6.03 Å². The molecule has 1 saturated carbocycles. The number of rotatable bonds is 5. The van der Waals surface area contributed by atoms with Gasteiger partial charge in [0.1, 0.15) is 0 Å². The third-order valence-corrected chi connectivity index (χ3v) is 4.45. The first kappa shape index (κ1) is 14.3. The fourth-order valence-electron chi connectivity index (χ4n) is 2.45. The van der Waals surface area contributed by atoms with E-state index < -0.39 is 0 Å². The van der Waals surface area contributed by atoms with Crippen LogP contribution in [-0.4, -0.2) is 30.3 Å². The van der Waals surface area contributed by atoms with Gasteiger partial charge in [0, 0.05) is 13.1 Å². The van der Waals surface area contributed by atoms with E-state index in [-0.39, 0.29) is 12.1 Å². The Morgan fingerprint density at radius 2 is 2.37 bits per heavy atom. The third-order valence-electron chi connectivity index (χ3n) is 3.75. The molecule has 1 heterocycles. The maximum Gasteiger partial charge on any atom is 0.314 e. The van der Waals surface area contributed by atoms with Crippen LogP contribution in [0.25, 0.3) is 0 Å². The van der Waals surface area contributed by atoms with Gasteiger partial charge in [-0.25, -0.2) is 4.79 Å². The SMILES string of the molecule is C[C@H](CNC(=O)NC[C@@H]1CC[C@@H](O)C1)c1ccsc1. The Bertz CT molecular complexity index is 394. The molecule has 1 fully saturated rings. The molecule has 0 aromatic carbocycles. The minimum atomic E-state index is -0.173. The topological polar surface area (TPSA) is 61.4 Å². The summed E-state index contributed by atoms with van der Waals surface area (Å²) in [5, 5.41) is 19.4. The van der Waals surface area contributed by atoms with Crippen molar-refractivity contribution in [1.29, 1.82) is 0 Å². The van der Waals surface area contributed by atoms with Crippen LogP contribution in [0.3, 0.4) is 0 Å². The average Bonchev–Trinajstić information content (AvgIpc) is 3.04. The van der Waals surface area contributed by atoms with Crippen LogP contribution in [-0.2, 0) is 0 Å². The first-order chi connectivity index (χ1) is 9.15. The van der Waals surface area contributed by atoms with Crippen molar-refractivity contribution in [1.82, 2.24) is 10.6 Å². The van der Waals surface area contributed by atoms with Crippen LogP contribution >= 0.6 is 11.3 Å². The Labute approximate surface area is 118 Å². The molecule has 106 valence electrons. The van der Waals surface area contributed by atoms with E-state index in [4.69, 9.17) is 0 Å². The summed E-state index contributed by atoms with van der Waals surface area (Å²) in [4.78, 5) is 11.7. The lowest BCUT2D eigenvalue weighted by molar-refractivity contribution is 0.177. The van der Waals surface area contributed by atoms with Gasteiger partial charge in [-0.05, 0) is 53.5 Å². The van der Waals surface area contributed by atoms with Gasteiger partial charge in [-0.15, -0.1) is 0 Å². The second kappa shape index (κ2) is 6.91. The van der Waals surface area contributed by atoms with Crippen molar-refractivity contribution >= 4 is 17.4 Å². The molecule has 4 nitrogen and oxygen atoms in total. The molecule has 0 radical (unpaired) electrons. The molecule has 2 amide bonds. The van der Waals surface area contributed by atoms with Gasteiger partial charge in [0.05, 0.1) is 6.10 Å². The van der Waals surface area contributed by atoms with Gasteiger partial charge in [-0.3, -0.25) is 0 Å². The predicted molar refractivity (Wildman–Crippen MR) is 77.5 cm³/mol. The molecule has 0 unspecified atom stereocenters. The Kier molecular flexibility index (Phi) is 5.22. The van der Waals surface area contributed by atoms with E-state index >= 15 is 0 Å². The number of thiophene rings is 1. The molecule has 0 aliphatic heterocycles. The monoisotopic (exact) mass is 282 g/mol. The van der Waals surface area contributed by atoms with Crippen LogP contribution < -0.4 is 10.6 Å². The lowest BCUT2D eigenvalue weighted by Crippen LogP contribution is -2.39. The zero-order chi connectivity index (χ0) is 13.7. The normalized spacial score (nSPS) is 24.1. The quantitative estimate of drug-likeness (QED) is 0.776. The largest absolute Gasteiger partial charge is 0.393 e. The molecule has 3 atom stereocenters. The van der Waals surface area contributed by atoms with Gasteiger partial charge in [-0.2, -0.15) is 11.3 Å². The van der Waals surface area contributed by atoms with Crippen LogP contribution in [0, 0.1) is 5.92 Å². The molecule has 1 aromatic heterocycles. The maximum absolute atomic E-state index is 11.7. The molecule has 1 aromatic rings. The average molecular weight is 282 g/mol. The zero-order valence-electron chi connectivity index (χ0n) is 11.3. The second-order valence-electron chi connectivity index (χ2n) is 5.38. The van der Waals surface area contributed by atoms with Gasteiger partial charge in [-0.1, -0.05) is 6.92 Å². The van der Waals surface area contributed by atoms with Crippen molar-refractivity contribution in [3.05, 3.63) is 22.4 Å². The Hall–Kier alpha value is -1.07. The molecule has 0 saturated heterocycles. The number of aliphatic hydroxyl groups excluding tert-OH is 1. The van der Waals surface area contributed by atoms with Crippen LogP contribution in [0.15, 0.2) is 16.8 Å². The van der Waals surface area contributed by atoms with Crippen molar-refractivity contribution in [2.24, 2.45) is 5.92 Å². The zero-order valence-corrected chi connectivity index (χ0v) is 12.1. The number of urea groups is 1. The molecule has 19 heavy (non-hydrogen) atoms. The molecule has 2 rings (SSSR count). The van der Waals surface area contributed by atoms with E-state index in [2.05, 4.69) is 34.4 Å². The van der Waals surface area contributed by atoms with Crippen LogP contribution in [0.4, 0.5) is 4.79 Å². The van der Waals surface area contributed by atoms with E-state index in [1.807, 2.05) is 0 Å². The van der Waals surface area contributed by atoms with Crippen LogP contribution in [0.2, 0.25) is 0 Å². The van der Waals surface area contributed by atoms with E-state index in [0.29, 0.717) is 24.9 Å². The number of hydrogen-bond acceptors (Lipinski definition) is 3. The molecule has 0 bridgehead atoms. The molecular weight excluding hydrogens is 260 g/mol. The lowest BCUT2D eigenvalue weighted by atomic mass is 10.1. The Morgan fingerprint density at radius 1 is 1.53 bits per heavy atom.